The molecule has 1 fully saturated rings. The van der Waals surface area contributed by atoms with E-state index < -0.39 is 30.0 Å². The van der Waals surface area contributed by atoms with E-state index in [1.54, 1.807) is 12.2 Å². The van der Waals surface area contributed by atoms with E-state index in [2.05, 4.69) is 10.3 Å². The Balaban J connectivity index is 1.52. The van der Waals surface area contributed by atoms with Crippen molar-refractivity contribution in [2.45, 2.75) is 12.2 Å². The molecule has 6 nitrogen and oxygen atoms in total. The highest BCUT2D eigenvalue weighted by Gasteiger charge is 2.53. The fourth-order valence-electron chi connectivity index (χ4n) is 3.18. The molecule has 0 aliphatic carbocycles. The monoisotopic (exact) mass is 342 g/mol. The molecule has 24 heavy (non-hydrogen) atoms. The fraction of sp³-hybridized carbons (Fsp3) is 0.235. The number of fused-ring (bicyclic) bond motifs is 2. The summed E-state index contributed by atoms with van der Waals surface area (Å²) in [5, 5.41) is 14.4. The zero-order valence-corrected chi connectivity index (χ0v) is 13.3. The summed E-state index contributed by atoms with van der Waals surface area (Å²) < 4.78 is 5.52. The van der Waals surface area contributed by atoms with Crippen molar-refractivity contribution >= 4 is 28.3 Å². The third-order valence-corrected chi connectivity index (χ3v) is 5.05. The molecule has 2 aliphatic rings. The largest absolute Gasteiger partial charge is 0.481 e. The summed E-state index contributed by atoms with van der Waals surface area (Å²) >= 11 is 1.31. The average molecular weight is 342 g/mol. The van der Waals surface area contributed by atoms with Crippen molar-refractivity contribution in [2.24, 2.45) is 11.8 Å². The van der Waals surface area contributed by atoms with Gasteiger partial charge in [-0.25, -0.2) is 4.98 Å². The summed E-state index contributed by atoms with van der Waals surface area (Å²) in [7, 11) is 0. The summed E-state index contributed by atoms with van der Waals surface area (Å²) in [5.74, 6) is -2.97. The maximum Gasteiger partial charge on any atom is 0.310 e. The topological polar surface area (TPSA) is 88.5 Å². The Morgan fingerprint density at radius 2 is 1.83 bits per heavy atom. The van der Waals surface area contributed by atoms with Crippen LogP contribution in [0.5, 0.6) is 0 Å². The summed E-state index contributed by atoms with van der Waals surface area (Å²) in [6.07, 6.45) is 2.46. The van der Waals surface area contributed by atoms with Crippen molar-refractivity contribution in [2.75, 3.05) is 5.32 Å². The zero-order chi connectivity index (χ0) is 16.7. The van der Waals surface area contributed by atoms with Crippen molar-refractivity contribution in [1.29, 1.82) is 0 Å². The minimum atomic E-state index is -1.02. The first-order valence-corrected chi connectivity index (χ1v) is 8.40. The minimum Gasteiger partial charge on any atom is -0.481 e. The van der Waals surface area contributed by atoms with Crippen LogP contribution in [-0.2, 0) is 14.3 Å². The van der Waals surface area contributed by atoms with Crippen LogP contribution in [0, 0.1) is 11.8 Å². The molecule has 7 heteroatoms. The number of aromatic nitrogens is 1. The Kier molecular flexibility index (Phi) is 3.66. The number of nitrogens with one attached hydrogen (secondary N) is 1. The van der Waals surface area contributed by atoms with Crippen molar-refractivity contribution in [1.82, 2.24) is 4.98 Å². The average Bonchev–Trinajstić information content (AvgIpc) is 3.30. The van der Waals surface area contributed by atoms with Gasteiger partial charge >= 0.3 is 5.97 Å². The summed E-state index contributed by atoms with van der Waals surface area (Å²) in [6, 6.07) is 9.64. The second-order valence-corrected chi connectivity index (χ2v) is 6.59. The predicted octanol–water partition coefficient (Wildman–Crippen LogP) is 2.40. The Morgan fingerprint density at radius 3 is 2.54 bits per heavy atom. The van der Waals surface area contributed by atoms with Gasteiger partial charge in [-0.2, -0.15) is 0 Å². The Hall–Kier alpha value is -2.51. The maximum absolute atomic E-state index is 12.5. The molecule has 4 rings (SSSR count). The van der Waals surface area contributed by atoms with Gasteiger partial charge in [-0.15, -0.1) is 11.3 Å². The lowest BCUT2D eigenvalue weighted by molar-refractivity contribution is -0.145. The van der Waals surface area contributed by atoms with Crippen LogP contribution >= 0.6 is 11.3 Å². The van der Waals surface area contributed by atoms with E-state index in [0.717, 1.165) is 11.3 Å². The number of amides is 1. The van der Waals surface area contributed by atoms with Gasteiger partial charge in [-0.05, 0) is 0 Å². The van der Waals surface area contributed by atoms with E-state index in [0.29, 0.717) is 5.13 Å². The molecule has 0 spiro atoms. The molecule has 1 amide bonds. The van der Waals surface area contributed by atoms with Gasteiger partial charge in [0.1, 0.15) is 5.92 Å². The number of carboxylic acids is 1. The number of hydrogen-bond donors (Lipinski definition) is 2. The number of carbonyl (C=O) groups is 2. The van der Waals surface area contributed by atoms with Crippen molar-refractivity contribution in [3.63, 3.8) is 0 Å². The number of carboxylic acid groups (broad SMARTS) is 1. The number of nitrogens with zero attached hydrogens (tertiary/aromatic N) is 1. The van der Waals surface area contributed by atoms with Gasteiger partial charge in [0.2, 0.25) is 5.91 Å². The lowest BCUT2D eigenvalue weighted by Gasteiger charge is -2.20. The molecular weight excluding hydrogens is 328 g/mol. The number of anilines is 1. The Bertz CT molecular complexity index is 817. The molecule has 3 heterocycles. The number of hydrogen-bond acceptors (Lipinski definition) is 5. The van der Waals surface area contributed by atoms with Gasteiger partial charge in [0.15, 0.2) is 5.13 Å². The summed E-state index contributed by atoms with van der Waals surface area (Å²) in [5.41, 5.74) is 1.73. The standard InChI is InChI=1S/C17H14N2O4S/c20-15(13-11-6-7-12(23-11)14(13)16(21)22)19-17-18-10(8-24-17)9-4-2-1-3-5-9/h1-8,11-14H,(H,21,22)(H,18,19,20)/t11-,12-,13+,14-/m0/s1. The molecule has 2 aliphatic heterocycles. The van der Waals surface area contributed by atoms with E-state index >= 15 is 0 Å². The van der Waals surface area contributed by atoms with Crippen LogP contribution < -0.4 is 5.32 Å². The zero-order valence-electron chi connectivity index (χ0n) is 12.5. The van der Waals surface area contributed by atoms with Crippen LogP contribution in [-0.4, -0.2) is 34.2 Å². The van der Waals surface area contributed by atoms with Crippen LogP contribution in [0.4, 0.5) is 5.13 Å². The molecule has 4 atom stereocenters. The smallest absolute Gasteiger partial charge is 0.310 e. The molecule has 122 valence electrons. The molecule has 2 bridgehead atoms. The van der Waals surface area contributed by atoms with E-state index in [9.17, 15) is 14.7 Å². The molecule has 1 aromatic heterocycles. The van der Waals surface area contributed by atoms with Gasteiger partial charge in [-0.3, -0.25) is 9.59 Å². The van der Waals surface area contributed by atoms with Gasteiger partial charge in [-0.1, -0.05) is 42.5 Å². The van der Waals surface area contributed by atoms with E-state index in [4.69, 9.17) is 4.74 Å². The summed E-state index contributed by atoms with van der Waals surface area (Å²) in [6.45, 7) is 0. The first kappa shape index (κ1) is 15.0. The minimum absolute atomic E-state index is 0.367. The quantitative estimate of drug-likeness (QED) is 0.833. The molecule has 0 radical (unpaired) electrons. The predicted molar refractivity (Wildman–Crippen MR) is 88.6 cm³/mol. The van der Waals surface area contributed by atoms with E-state index in [-0.39, 0.29) is 5.91 Å². The van der Waals surface area contributed by atoms with E-state index in [1.807, 2.05) is 35.7 Å². The molecule has 2 aromatic rings. The highest BCUT2D eigenvalue weighted by Crippen LogP contribution is 2.40. The normalized spacial score (nSPS) is 27.3. The Labute approximate surface area is 141 Å². The number of aliphatic carboxylic acids is 1. The van der Waals surface area contributed by atoms with Crippen LogP contribution in [0.1, 0.15) is 0 Å². The lowest BCUT2D eigenvalue weighted by Crippen LogP contribution is -2.39. The highest BCUT2D eigenvalue weighted by atomic mass is 32.1. The third-order valence-electron chi connectivity index (χ3n) is 4.29. The third kappa shape index (κ3) is 2.51. The SMILES string of the molecule is O=C(O)[C@@H]1[C@H](C(=O)Nc2nc(-c3ccccc3)cs2)[C@@H]2C=C[C@@H]1O2. The molecular formula is C17H14N2O4S. The number of carbonyl (C=O) groups excluding carboxylic acids is 1. The second kappa shape index (κ2) is 5.85. The van der Waals surface area contributed by atoms with E-state index in [1.165, 1.54) is 11.3 Å². The number of rotatable bonds is 4. The van der Waals surface area contributed by atoms with Crippen molar-refractivity contribution in [3.8, 4) is 11.3 Å². The van der Waals surface area contributed by atoms with Crippen LogP contribution in [0.15, 0.2) is 47.9 Å². The molecule has 1 aromatic carbocycles. The highest BCUT2D eigenvalue weighted by molar-refractivity contribution is 7.14. The summed E-state index contributed by atoms with van der Waals surface area (Å²) in [4.78, 5) is 28.4. The van der Waals surface area contributed by atoms with Crippen molar-refractivity contribution < 1.29 is 19.4 Å². The number of benzene rings is 1. The molecule has 1 saturated heterocycles. The van der Waals surface area contributed by atoms with Gasteiger partial charge in [0, 0.05) is 10.9 Å². The molecule has 2 N–H and O–H groups in total. The lowest BCUT2D eigenvalue weighted by atomic mass is 9.82. The van der Waals surface area contributed by atoms with Gasteiger partial charge in [0.25, 0.3) is 0 Å². The fourth-order valence-corrected chi connectivity index (χ4v) is 3.90. The maximum atomic E-state index is 12.5. The van der Waals surface area contributed by atoms with Gasteiger partial charge in [0.05, 0.1) is 23.8 Å². The second-order valence-electron chi connectivity index (χ2n) is 5.73. The first-order valence-electron chi connectivity index (χ1n) is 7.52. The molecule has 0 saturated carbocycles. The van der Waals surface area contributed by atoms with Crippen LogP contribution in [0.2, 0.25) is 0 Å². The van der Waals surface area contributed by atoms with Crippen molar-refractivity contribution in [3.05, 3.63) is 47.9 Å². The van der Waals surface area contributed by atoms with Crippen LogP contribution in [0.25, 0.3) is 11.3 Å². The van der Waals surface area contributed by atoms with Crippen LogP contribution in [0.3, 0.4) is 0 Å². The van der Waals surface area contributed by atoms with Gasteiger partial charge < -0.3 is 15.2 Å². The first-order chi connectivity index (χ1) is 11.6. The molecule has 0 unspecified atom stereocenters. The number of thiazole rings is 1. The number of ether oxygens (including phenoxy) is 1. The Morgan fingerprint density at radius 1 is 1.12 bits per heavy atom.